The van der Waals surface area contributed by atoms with Crippen molar-refractivity contribution in [1.29, 1.82) is 0 Å². The van der Waals surface area contributed by atoms with Gasteiger partial charge in [0.1, 0.15) is 4.83 Å². The van der Waals surface area contributed by atoms with E-state index in [-0.39, 0.29) is 18.1 Å². The highest BCUT2D eigenvalue weighted by Gasteiger charge is 2.35. The SMILES string of the molecule is Cc1c(C(=O)NC2(CO)CCCC2)sc2ncn(C)c(=O)c12. The number of nitrogens with zero attached hydrogens (tertiary/aromatic N) is 2. The molecule has 1 saturated carbocycles. The maximum Gasteiger partial charge on any atom is 0.262 e. The molecule has 3 rings (SSSR count). The third kappa shape index (κ3) is 2.34. The number of carbonyl (C=O) groups excluding carboxylic acids is 1. The van der Waals surface area contributed by atoms with Crippen molar-refractivity contribution in [2.75, 3.05) is 6.61 Å². The molecule has 6 nitrogen and oxygen atoms in total. The van der Waals surface area contributed by atoms with Crippen LogP contribution in [0.2, 0.25) is 0 Å². The maximum absolute atomic E-state index is 12.6. The van der Waals surface area contributed by atoms with Gasteiger partial charge in [-0.3, -0.25) is 9.59 Å². The highest BCUT2D eigenvalue weighted by atomic mass is 32.1. The van der Waals surface area contributed by atoms with E-state index in [0.717, 1.165) is 25.7 Å². The van der Waals surface area contributed by atoms with Crippen LogP contribution in [0, 0.1) is 6.92 Å². The van der Waals surface area contributed by atoms with Gasteiger partial charge in [-0.25, -0.2) is 4.98 Å². The second-order valence-electron chi connectivity index (χ2n) is 6.00. The summed E-state index contributed by atoms with van der Waals surface area (Å²) in [5, 5.41) is 13.1. The highest BCUT2D eigenvalue weighted by Crippen LogP contribution is 2.31. The molecule has 2 aromatic heterocycles. The van der Waals surface area contributed by atoms with Gasteiger partial charge in [0.15, 0.2) is 0 Å². The Morgan fingerprint density at radius 3 is 2.82 bits per heavy atom. The van der Waals surface area contributed by atoms with Crippen molar-refractivity contribution in [3.05, 3.63) is 27.1 Å². The molecule has 0 aromatic carbocycles. The average Bonchev–Trinajstić information content (AvgIpc) is 3.09. The first kappa shape index (κ1) is 15.2. The molecule has 2 N–H and O–H groups in total. The molecular weight excluding hydrogens is 302 g/mol. The number of amides is 1. The van der Waals surface area contributed by atoms with Crippen molar-refractivity contribution in [2.24, 2.45) is 7.05 Å². The number of aliphatic hydroxyl groups is 1. The van der Waals surface area contributed by atoms with Gasteiger partial charge in [0, 0.05) is 7.05 Å². The van der Waals surface area contributed by atoms with Crippen molar-refractivity contribution in [1.82, 2.24) is 14.9 Å². The van der Waals surface area contributed by atoms with Crippen LogP contribution in [0.4, 0.5) is 0 Å². The second kappa shape index (κ2) is 5.48. The van der Waals surface area contributed by atoms with Crippen LogP contribution in [0.5, 0.6) is 0 Å². The quantitative estimate of drug-likeness (QED) is 0.893. The van der Waals surface area contributed by atoms with Crippen LogP contribution in [0.25, 0.3) is 10.2 Å². The lowest BCUT2D eigenvalue weighted by molar-refractivity contribution is 0.0842. The summed E-state index contributed by atoms with van der Waals surface area (Å²) in [6, 6.07) is 0. The zero-order valence-electron chi connectivity index (χ0n) is 12.7. The summed E-state index contributed by atoms with van der Waals surface area (Å²) in [4.78, 5) is 30.1. The molecular formula is C15H19N3O3S. The van der Waals surface area contributed by atoms with Gasteiger partial charge in [0.05, 0.1) is 28.7 Å². The lowest BCUT2D eigenvalue weighted by Gasteiger charge is -2.27. The van der Waals surface area contributed by atoms with E-state index < -0.39 is 5.54 Å². The van der Waals surface area contributed by atoms with E-state index in [2.05, 4.69) is 10.3 Å². The van der Waals surface area contributed by atoms with E-state index in [1.807, 2.05) is 0 Å². The number of fused-ring (bicyclic) bond motifs is 1. The summed E-state index contributed by atoms with van der Waals surface area (Å²) in [7, 11) is 1.64. The smallest absolute Gasteiger partial charge is 0.262 e. The molecule has 2 heterocycles. The van der Waals surface area contributed by atoms with Crippen LogP contribution in [0.15, 0.2) is 11.1 Å². The van der Waals surface area contributed by atoms with E-state index in [4.69, 9.17) is 0 Å². The lowest BCUT2D eigenvalue weighted by Crippen LogP contribution is -2.49. The first-order valence-electron chi connectivity index (χ1n) is 7.35. The molecule has 7 heteroatoms. The van der Waals surface area contributed by atoms with Crippen LogP contribution >= 0.6 is 11.3 Å². The van der Waals surface area contributed by atoms with Gasteiger partial charge in [0.25, 0.3) is 11.5 Å². The molecule has 0 aliphatic heterocycles. The van der Waals surface area contributed by atoms with Crippen LogP contribution in [-0.4, -0.2) is 32.7 Å². The minimum atomic E-state index is -0.516. The third-order valence-electron chi connectivity index (χ3n) is 4.46. The number of carbonyl (C=O) groups is 1. The fraction of sp³-hybridized carbons (Fsp3) is 0.533. The number of aryl methyl sites for hydroxylation is 2. The molecule has 2 aromatic rings. The Labute approximate surface area is 131 Å². The van der Waals surface area contributed by atoms with Crippen LogP contribution < -0.4 is 10.9 Å². The van der Waals surface area contributed by atoms with E-state index in [9.17, 15) is 14.7 Å². The van der Waals surface area contributed by atoms with E-state index in [0.29, 0.717) is 20.7 Å². The zero-order valence-corrected chi connectivity index (χ0v) is 13.5. The molecule has 1 fully saturated rings. The molecule has 22 heavy (non-hydrogen) atoms. The van der Waals surface area contributed by atoms with Crippen LogP contribution in [0.1, 0.15) is 40.9 Å². The average molecular weight is 321 g/mol. The topological polar surface area (TPSA) is 84.2 Å². The highest BCUT2D eigenvalue weighted by molar-refractivity contribution is 7.20. The predicted octanol–water partition coefficient (Wildman–Crippen LogP) is 1.34. The standard InChI is InChI=1S/C15H19N3O3S/c1-9-10-13(16-8-18(2)14(10)21)22-11(9)12(20)17-15(7-19)5-3-4-6-15/h8,19H,3-7H2,1-2H3,(H,17,20). The summed E-state index contributed by atoms with van der Waals surface area (Å²) in [5.74, 6) is -0.224. The Morgan fingerprint density at radius 2 is 2.18 bits per heavy atom. The predicted molar refractivity (Wildman–Crippen MR) is 85.3 cm³/mol. The zero-order chi connectivity index (χ0) is 15.9. The monoisotopic (exact) mass is 321 g/mol. The van der Waals surface area contributed by atoms with E-state index >= 15 is 0 Å². The number of aliphatic hydroxyl groups excluding tert-OH is 1. The van der Waals surface area contributed by atoms with Crippen LogP contribution in [0.3, 0.4) is 0 Å². The Bertz CT molecular complexity index is 787. The minimum Gasteiger partial charge on any atom is -0.394 e. The van der Waals surface area contributed by atoms with Gasteiger partial charge in [-0.2, -0.15) is 0 Å². The van der Waals surface area contributed by atoms with Gasteiger partial charge >= 0.3 is 0 Å². The van der Waals surface area contributed by atoms with Crippen molar-refractivity contribution in [3.63, 3.8) is 0 Å². The lowest BCUT2D eigenvalue weighted by atomic mass is 9.98. The Kier molecular flexibility index (Phi) is 3.78. The number of nitrogens with one attached hydrogen (secondary N) is 1. The maximum atomic E-state index is 12.6. The van der Waals surface area contributed by atoms with Crippen molar-refractivity contribution in [2.45, 2.75) is 38.1 Å². The molecule has 1 aliphatic carbocycles. The van der Waals surface area contributed by atoms with Crippen molar-refractivity contribution in [3.8, 4) is 0 Å². The Balaban J connectivity index is 2.00. The molecule has 0 bridgehead atoms. The molecule has 118 valence electrons. The Hall–Kier alpha value is -1.73. The summed E-state index contributed by atoms with van der Waals surface area (Å²) in [6.07, 6.45) is 5.07. The first-order chi connectivity index (χ1) is 10.5. The molecule has 0 radical (unpaired) electrons. The van der Waals surface area contributed by atoms with Crippen molar-refractivity contribution < 1.29 is 9.90 Å². The fourth-order valence-electron chi connectivity index (χ4n) is 3.10. The summed E-state index contributed by atoms with van der Waals surface area (Å²) in [5.41, 5.74) is 0.00535. The number of hydrogen-bond acceptors (Lipinski definition) is 5. The third-order valence-corrected chi connectivity index (χ3v) is 5.66. The first-order valence-corrected chi connectivity index (χ1v) is 8.17. The van der Waals surface area contributed by atoms with Gasteiger partial charge in [-0.1, -0.05) is 12.8 Å². The second-order valence-corrected chi connectivity index (χ2v) is 7.00. The normalized spacial score (nSPS) is 17.0. The molecule has 0 unspecified atom stereocenters. The minimum absolute atomic E-state index is 0.0529. The van der Waals surface area contributed by atoms with Gasteiger partial charge in [-0.05, 0) is 25.3 Å². The molecule has 0 saturated heterocycles. The summed E-state index contributed by atoms with van der Waals surface area (Å²) < 4.78 is 1.41. The summed E-state index contributed by atoms with van der Waals surface area (Å²) in [6.45, 7) is 1.72. The van der Waals surface area contributed by atoms with Crippen molar-refractivity contribution >= 4 is 27.5 Å². The number of rotatable bonds is 3. The molecule has 1 amide bonds. The van der Waals surface area contributed by atoms with Crippen LogP contribution in [-0.2, 0) is 7.05 Å². The number of hydrogen-bond donors (Lipinski definition) is 2. The molecule has 0 spiro atoms. The van der Waals surface area contributed by atoms with Gasteiger partial charge in [0.2, 0.25) is 0 Å². The largest absolute Gasteiger partial charge is 0.394 e. The molecule has 0 atom stereocenters. The van der Waals surface area contributed by atoms with Gasteiger partial charge < -0.3 is 15.0 Å². The van der Waals surface area contributed by atoms with Gasteiger partial charge in [-0.15, -0.1) is 11.3 Å². The van der Waals surface area contributed by atoms with E-state index in [1.54, 1.807) is 14.0 Å². The number of aromatic nitrogens is 2. The summed E-state index contributed by atoms with van der Waals surface area (Å²) >= 11 is 1.23. The Morgan fingerprint density at radius 1 is 1.50 bits per heavy atom. The molecule has 1 aliphatic rings. The van der Waals surface area contributed by atoms with E-state index in [1.165, 1.54) is 22.2 Å². The number of thiophene rings is 1. The fourth-order valence-corrected chi connectivity index (χ4v) is 4.13.